The Hall–Kier alpha value is -1.35. The van der Waals surface area contributed by atoms with Crippen molar-refractivity contribution < 1.29 is 4.39 Å². The van der Waals surface area contributed by atoms with Crippen molar-refractivity contribution >= 4 is 5.69 Å². The van der Waals surface area contributed by atoms with Crippen molar-refractivity contribution in [3.05, 3.63) is 40.7 Å². The molecule has 1 aliphatic heterocycles. The molecule has 3 rings (SSSR count). The average molecular weight is 345 g/mol. The quantitative estimate of drug-likeness (QED) is 0.602. The second-order valence-electron chi connectivity index (χ2n) is 8.76. The van der Waals surface area contributed by atoms with Crippen LogP contribution in [0.3, 0.4) is 0 Å². The molecule has 1 fully saturated rings. The van der Waals surface area contributed by atoms with E-state index in [0.717, 1.165) is 18.5 Å². The minimum absolute atomic E-state index is 0.241. The van der Waals surface area contributed by atoms with Gasteiger partial charge in [0.05, 0.1) is 0 Å². The van der Waals surface area contributed by atoms with Gasteiger partial charge in [-0.05, 0) is 87.6 Å². The number of halogens is 1. The van der Waals surface area contributed by atoms with Gasteiger partial charge in [0.25, 0.3) is 0 Å². The van der Waals surface area contributed by atoms with Crippen LogP contribution in [0.2, 0.25) is 0 Å². The molecule has 0 aromatic heterocycles. The van der Waals surface area contributed by atoms with Gasteiger partial charge in [-0.3, -0.25) is 4.90 Å². The zero-order valence-electron chi connectivity index (χ0n) is 16.1. The van der Waals surface area contributed by atoms with Crippen LogP contribution in [0.4, 0.5) is 10.1 Å². The highest BCUT2D eigenvalue weighted by Crippen LogP contribution is 2.40. The van der Waals surface area contributed by atoms with Crippen molar-refractivity contribution in [2.45, 2.75) is 59.3 Å². The van der Waals surface area contributed by atoms with E-state index in [9.17, 15) is 4.39 Å². The summed E-state index contributed by atoms with van der Waals surface area (Å²) in [6.07, 6.45) is 7.34. The Labute approximate surface area is 152 Å². The summed E-state index contributed by atoms with van der Waals surface area (Å²) in [5, 5.41) is 0. The fourth-order valence-corrected chi connectivity index (χ4v) is 4.66. The second kappa shape index (κ2) is 7.49. The fourth-order valence-electron chi connectivity index (χ4n) is 4.66. The topological polar surface area (TPSA) is 29.3 Å². The molecule has 2 nitrogen and oxygen atoms in total. The molecular formula is C22H33FN2. The predicted octanol–water partition coefficient (Wildman–Crippen LogP) is 5.19. The molecule has 1 saturated heterocycles. The molecular weight excluding hydrogens is 311 g/mol. The summed E-state index contributed by atoms with van der Waals surface area (Å²) in [7, 11) is 0. The van der Waals surface area contributed by atoms with Crippen LogP contribution in [0, 0.1) is 17.2 Å². The number of nitrogens with zero attached hydrogens (tertiary/aromatic N) is 1. The minimum Gasteiger partial charge on any atom is -0.398 e. The standard InChI is InChI=1S/C22H33FN2/c1-16-5-4-10-22(2,3)20(16)15-25-11-8-17(9-12-25)13-18-6-7-19(23)14-21(18)24/h6-7,14,17H,4-5,8-13,15,24H2,1-3H3. The molecule has 1 aromatic carbocycles. The van der Waals surface area contributed by atoms with E-state index >= 15 is 0 Å². The summed E-state index contributed by atoms with van der Waals surface area (Å²) in [6, 6.07) is 4.84. The van der Waals surface area contributed by atoms with Crippen molar-refractivity contribution in [3.8, 4) is 0 Å². The molecule has 1 aromatic rings. The second-order valence-corrected chi connectivity index (χ2v) is 8.76. The number of hydrogen-bond donors (Lipinski definition) is 1. The third-order valence-electron chi connectivity index (χ3n) is 6.39. The van der Waals surface area contributed by atoms with Crippen LogP contribution in [0.25, 0.3) is 0 Å². The van der Waals surface area contributed by atoms with Crippen molar-refractivity contribution in [1.82, 2.24) is 4.90 Å². The maximum atomic E-state index is 13.2. The van der Waals surface area contributed by atoms with E-state index < -0.39 is 0 Å². The van der Waals surface area contributed by atoms with Gasteiger partial charge in [-0.15, -0.1) is 0 Å². The monoisotopic (exact) mass is 344 g/mol. The smallest absolute Gasteiger partial charge is 0.125 e. The number of nitrogens with two attached hydrogens (primary N) is 1. The molecule has 0 amide bonds. The van der Waals surface area contributed by atoms with Crippen molar-refractivity contribution in [2.24, 2.45) is 11.3 Å². The van der Waals surface area contributed by atoms with Gasteiger partial charge in [0.1, 0.15) is 5.82 Å². The summed E-state index contributed by atoms with van der Waals surface area (Å²) in [5.41, 5.74) is 11.4. The number of piperidine rings is 1. The fraction of sp³-hybridized carbons (Fsp3) is 0.636. The predicted molar refractivity (Wildman–Crippen MR) is 104 cm³/mol. The first kappa shape index (κ1) is 18.4. The lowest BCUT2D eigenvalue weighted by molar-refractivity contribution is 0.182. The Bertz CT molecular complexity index is 639. The Morgan fingerprint density at radius 3 is 2.60 bits per heavy atom. The molecule has 2 aliphatic rings. The lowest BCUT2D eigenvalue weighted by Crippen LogP contribution is -2.38. The zero-order chi connectivity index (χ0) is 18.0. The summed E-state index contributed by atoms with van der Waals surface area (Å²) < 4.78 is 13.2. The molecule has 0 bridgehead atoms. The van der Waals surface area contributed by atoms with E-state index in [2.05, 4.69) is 25.7 Å². The molecule has 0 saturated carbocycles. The van der Waals surface area contributed by atoms with Crippen LogP contribution in [-0.4, -0.2) is 24.5 Å². The first-order valence-electron chi connectivity index (χ1n) is 9.80. The molecule has 1 heterocycles. The van der Waals surface area contributed by atoms with Crippen LogP contribution >= 0.6 is 0 Å². The van der Waals surface area contributed by atoms with Gasteiger partial charge in [0.2, 0.25) is 0 Å². The molecule has 2 N–H and O–H groups in total. The number of benzene rings is 1. The Morgan fingerprint density at radius 1 is 1.24 bits per heavy atom. The SMILES string of the molecule is CC1=C(CN2CCC(Cc3ccc(F)cc3N)CC2)C(C)(C)CCC1. The van der Waals surface area contributed by atoms with E-state index in [1.807, 2.05) is 6.07 Å². The largest absolute Gasteiger partial charge is 0.398 e. The highest BCUT2D eigenvalue weighted by atomic mass is 19.1. The molecule has 0 unspecified atom stereocenters. The normalized spacial score (nSPS) is 22.4. The van der Waals surface area contributed by atoms with Crippen molar-refractivity contribution in [2.75, 3.05) is 25.4 Å². The number of anilines is 1. The zero-order valence-corrected chi connectivity index (χ0v) is 16.1. The van der Waals surface area contributed by atoms with E-state index in [-0.39, 0.29) is 5.82 Å². The Kier molecular flexibility index (Phi) is 5.52. The molecule has 1 aliphatic carbocycles. The summed E-state index contributed by atoms with van der Waals surface area (Å²) in [5.74, 6) is 0.424. The van der Waals surface area contributed by atoms with Crippen molar-refractivity contribution in [3.63, 3.8) is 0 Å². The Balaban J connectivity index is 1.55. The average Bonchev–Trinajstić information content (AvgIpc) is 2.55. The van der Waals surface area contributed by atoms with Crippen LogP contribution in [0.1, 0.15) is 58.4 Å². The maximum Gasteiger partial charge on any atom is 0.125 e. The van der Waals surface area contributed by atoms with Gasteiger partial charge in [-0.1, -0.05) is 31.1 Å². The number of rotatable bonds is 4. The summed E-state index contributed by atoms with van der Waals surface area (Å²) >= 11 is 0. The van der Waals surface area contributed by atoms with E-state index in [0.29, 0.717) is 17.0 Å². The number of nitrogen functional groups attached to an aromatic ring is 1. The number of hydrogen-bond acceptors (Lipinski definition) is 2. The first-order valence-corrected chi connectivity index (χ1v) is 9.80. The first-order chi connectivity index (χ1) is 11.8. The van der Waals surface area contributed by atoms with Gasteiger partial charge < -0.3 is 5.73 Å². The lowest BCUT2D eigenvalue weighted by Gasteiger charge is -2.40. The molecule has 138 valence electrons. The minimum atomic E-state index is -0.241. The molecule has 25 heavy (non-hydrogen) atoms. The number of allylic oxidation sites excluding steroid dienone is 1. The number of likely N-dealkylation sites (tertiary alicyclic amines) is 1. The maximum absolute atomic E-state index is 13.2. The van der Waals surface area contributed by atoms with Gasteiger partial charge in [-0.25, -0.2) is 4.39 Å². The highest BCUT2D eigenvalue weighted by molar-refractivity contribution is 5.47. The summed E-state index contributed by atoms with van der Waals surface area (Å²) in [6.45, 7) is 10.6. The third kappa shape index (κ3) is 4.44. The molecule has 0 spiro atoms. The van der Waals surface area contributed by atoms with Crippen LogP contribution in [-0.2, 0) is 6.42 Å². The summed E-state index contributed by atoms with van der Waals surface area (Å²) in [4.78, 5) is 2.64. The molecule has 0 radical (unpaired) electrons. The van der Waals surface area contributed by atoms with Crippen LogP contribution in [0.5, 0.6) is 0 Å². The van der Waals surface area contributed by atoms with Crippen LogP contribution in [0.15, 0.2) is 29.3 Å². The Morgan fingerprint density at radius 2 is 1.96 bits per heavy atom. The van der Waals surface area contributed by atoms with Gasteiger partial charge in [0.15, 0.2) is 0 Å². The van der Waals surface area contributed by atoms with E-state index in [1.165, 1.54) is 57.3 Å². The van der Waals surface area contributed by atoms with Gasteiger partial charge in [-0.2, -0.15) is 0 Å². The van der Waals surface area contributed by atoms with Gasteiger partial charge in [0, 0.05) is 12.2 Å². The van der Waals surface area contributed by atoms with E-state index in [1.54, 1.807) is 11.1 Å². The van der Waals surface area contributed by atoms with Crippen LogP contribution < -0.4 is 5.73 Å². The molecule has 3 heteroatoms. The third-order valence-corrected chi connectivity index (χ3v) is 6.39. The van der Waals surface area contributed by atoms with Crippen molar-refractivity contribution in [1.29, 1.82) is 0 Å². The van der Waals surface area contributed by atoms with Gasteiger partial charge >= 0.3 is 0 Å². The molecule has 0 atom stereocenters. The lowest BCUT2D eigenvalue weighted by atomic mass is 9.72. The van der Waals surface area contributed by atoms with E-state index in [4.69, 9.17) is 5.73 Å². The highest BCUT2D eigenvalue weighted by Gasteiger charge is 2.30.